The Morgan fingerprint density at radius 3 is 1.21 bits per heavy atom. The van der Waals surface area contributed by atoms with Crippen molar-refractivity contribution >= 4 is 29.5 Å². The third kappa shape index (κ3) is 9.96. The van der Waals surface area contributed by atoms with E-state index in [0.717, 1.165) is 61.7 Å². The van der Waals surface area contributed by atoms with E-state index in [-0.39, 0.29) is 73.2 Å². The fourth-order valence-electron chi connectivity index (χ4n) is 6.33. The largest absolute Gasteiger partial charge is 0.269 e. The van der Waals surface area contributed by atoms with Crippen molar-refractivity contribution in [1.29, 1.82) is 0 Å². The van der Waals surface area contributed by atoms with Crippen LogP contribution < -0.4 is 0 Å². The summed E-state index contributed by atoms with van der Waals surface area (Å²) in [7, 11) is 0. The molecule has 2 heterocycles. The minimum absolute atomic E-state index is 0. The van der Waals surface area contributed by atoms with Gasteiger partial charge >= 0.3 is 0 Å². The van der Waals surface area contributed by atoms with Gasteiger partial charge < -0.3 is 0 Å². The molecule has 5 rings (SSSR count). The Bertz CT molecular complexity index is 1820. The summed E-state index contributed by atoms with van der Waals surface area (Å²) in [5, 5.41) is 11.7. The van der Waals surface area contributed by atoms with E-state index in [0.29, 0.717) is 0 Å². The van der Waals surface area contributed by atoms with Gasteiger partial charge in [-0.2, -0.15) is 0 Å². The molecule has 3 aromatic carbocycles. The third-order valence-corrected chi connectivity index (χ3v) is 9.00. The molecular weight excluding hydrogens is 736 g/mol. The van der Waals surface area contributed by atoms with Gasteiger partial charge in [-0.15, -0.1) is 0 Å². The minimum atomic E-state index is -0.344. The van der Waals surface area contributed by atoms with Gasteiger partial charge in [0.1, 0.15) is 0 Å². The Balaban J connectivity index is 0.00000364. The molecule has 276 valence electrons. The van der Waals surface area contributed by atoms with Crippen LogP contribution in [0.4, 0.5) is 17.1 Å². The fourth-order valence-corrected chi connectivity index (χ4v) is 6.33. The molecule has 0 saturated carbocycles. The van der Waals surface area contributed by atoms with Gasteiger partial charge in [0.15, 0.2) is 0 Å². The molecule has 5 aromatic rings. The monoisotopic (exact) mass is 781 g/mol. The van der Waals surface area contributed by atoms with Crippen LogP contribution in [0.15, 0.2) is 107 Å². The standard InChI is InChI=1S/C43H47N5O2.2Ni/c1-27(2)37-21-32(22-38(28(3)4)42(37)46-25-34-13-9-11-19-44-34)41(31-15-17-36(18-16-31)48(49)50)33-23-39(29(5)6)43(40(24-33)30(7)8)47-26-35-14-10-12-20-45-35;;/h9-30,41H,1-8H3;;. The van der Waals surface area contributed by atoms with Gasteiger partial charge in [-0.3, -0.25) is 30.1 Å². The number of pyridine rings is 2. The van der Waals surface area contributed by atoms with Crippen LogP contribution in [0, 0.1) is 10.1 Å². The molecule has 0 aliphatic heterocycles. The maximum Gasteiger partial charge on any atom is 0.269 e. The van der Waals surface area contributed by atoms with E-state index in [9.17, 15) is 10.1 Å². The van der Waals surface area contributed by atoms with Crippen molar-refractivity contribution in [3.63, 3.8) is 0 Å². The maximum atomic E-state index is 11.7. The first-order valence-corrected chi connectivity index (χ1v) is 17.4. The second-order valence-corrected chi connectivity index (χ2v) is 14.0. The molecule has 52 heavy (non-hydrogen) atoms. The SMILES string of the molecule is CC(C)c1cc(C(c2ccc([N+](=O)[O-])cc2)c2cc(C(C)C)c(N=Cc3ccccn3)c(C(C)C)c2)cc(C(C)C)c1N=Cc1ccccn1.[Ni].[Ni]. The van der Waals surface area contributed by atoms with E-state index < -0.39 is 0 Å². The predicted molar refractivity (Wildman–Crippen MR) is 206 cm³/mol. The number of benzene rings is 3. The number of nitrogens with zero attached hydrogens (tertiary/aromatic N) is 5. The van der Waals surface area contributed by atoms with Gasteiger partial charge in [0.2, 0.25) is 0 Å². The van der Waals surface area contributed by atoms with Gasteiger partial charge in [-0.1, -0.05) is 104 Å². The number of hydrogen-bond donors (Lipinski definition) is 0. The van der Waals surface area contributed by atoms with E-state index in [1.165, 1.54) is 0 Å². The van der Waals surface area contributed by atoms with Crippen molar-refractivity contribution in [2.24, 2.45) is 9.98 Å². The molecule has 7 nitrogen and oxygen atoms in total. The molecule has 9 heteroatoms. The summed E-state index contributed by atoms with van der Waals surface area (Å²) >= 11 is 0. The molecule has 0 aliphatic rings. The Hall–Kier alpha value is -4.31. The van der Waals surface area contributed by atoms with Gasteiger partial charge in [-0.05, 0) is 86.9 Å². The van der Waals surface area contributed by atoms with E-state index in [1.54, 1.807) is 24.5 Å². The first-order valence-electron chi connectivity index (χ1n) is 17.4. The normalized spacial score (nSPS) is 12.2. The topological polar surface area (TPSA) is 93.6 Å². The van der Waals surface area contributed by atoms with E-state index in [4.69, 9.17) is 9.98 Å². The molecule has 0 amide bonds. The van der Waals surface area contributed by atoms with Gasteiger partial charge in [0.25, 0.3) is 5.69 Å². The van der Waals surface area contributed by atoms with Crippen LogP contribution in [-0.4, -0.2) is 27.3 Å². The van der Waals surface area contributed by atoms with Crippen molar-refractivity contribution in [3.8, 4) is 0 Å². The summed E-state index contributed by atoms with van der Waals surface area (Å²) in [6.45, 7) is 17.6. The van der Waals surface area contributed by atoms with Crippen LogP contribution in [-0.2, 0) is 33.0 Å². The smallest absolute Gasteiger partial charge is 0.258 e. The van der Waals surface area contributed by atoms with E-state index >= 15 is 0 Å². The average Bonchev–Trinajstić information content (AvgIpc) is 3.10. The zero-order valence-electron chi connectivity index (χ0n) is 31.0. The minimum Gasteiger partial charge on any atom is -0.258 e. The molecule has 0 bridgehead atoms. The zero-order chi connectivity index (χ0) is 35.9. The van der Waals surface area contributed by atoms with Crippen LogP contribution in [0.1, 0.15) is 135 Å². The summed E-state index contributed by atoms with van der Waals surface area (Å²) in [6, 6.07) is 27.8. The maximum absolute atomic E-state index is 11.7. The number of nitro groups is 1. The molecular formula is C43H47N5Ni2O2. The molecule has 0 saturated heterocycles. The number of aliphatic imine (C=N–C) groups is 2. The molecule has 0 radical (unpaired) electrons. The Morgan fingerprint density at radius 2 is 0.923 bits per heavy atom. The predicted octanol–water partition coefficient (Wildman–Crippen LogP) is 11.6. The van der Waals surface area contributed by atoms with Crippen molar-refractivity contribution in [2.75, 3.05) is 0 Å². The van der Waals surface area contributed by atoms with E-state index in [1.807, 2.05) is 61.0 Å². The van der Waals surface area contributed by atoms with Gasteiger partial charge in [0, 0.05) is 63.4 Å². The summed E-state index contributed by atoms with van der Waals surface area (Å²) in [5.74, 6) is 0.592. The Labute approximate surface area is 328 Å². The third-order valence-electron chi connectivity index (χ3n) is 9.00. The molecule has 0 atom stereocenters. The number of aromatic nitrogens is 2. The molecule has 0 aliphatic carbocycles. The Morgan fingerprint density at radius 1 is 0.558 bits per heavy atom. The molecule has 2 aromatic heterocycles. The van der Waals surface area contributed by atoms with Crippen LogP contribution in [0.5, 0.6) is 0 Å². The number of nitro benzene ring substituents is 1. The molecule has 0 N–H and O–H groups in total. The van der Waals surface area contributed by atoms with Crippen molar-refractivity contribution < 1.29 is 37.9 Å². The zero-order valence-corrected chi connectivity index (χ0v) is 32.9. The molecule has 0 spiro atoms. The number of hydrogen-bond acceptors (Lipinski definition) is 6. The fraction of sp³-hybridized carbons (Fsp3) is 0.302. The molecule has 0 fully saturated rings. The average molecular weight is 783 g/mol. The van der Waals surface area contributed by atoms with Gasteiger partial charge in [0.05, 0.1) is 40.1 Å². The van der Waals surface area contributed by atoms with Crippen LogP contribution in [0.3, 0.4) is 0 Å². The Kier molecular flexibility index (Phi) is 15.4. The van der Waals surface area contributed by atoms with Crippen molar-refractivity contribution in [2.45, 2.75) is 85.0 Å². The first-order chi connectivity index (χ1) is 23.9. The van der Waals surface area contributed by atoms with Crippen molar-refractivity contribution in [1.82, 2.24) is 9.97 Å². The number of non-ortho nitro benzene ring substituents is 1. The van der Waals surface area contributed by atoms with Crippen LogP contribution in [0.25, 0.3) is 0 Å². The van der Waals surface area contributed by atoms with Gasteiger partial charge in [-0.25, -0.2) is 0 Å². The summed E-state index contributed by atoms with van der Waals surface area (Å²) in [4.78, 5) is 30.3. The first kappa shape index (κ1) is 42.1. The van der Waals surface area contributed by atoms with Crippen LogP contribution in [0.2, 0.25) is 0 Å². The van der Waals surface area contributed by atoms with Crippen molar-refractivity contribution in [3.05, 3.63) is 158 Å². The second-order valence-electron chi connectivity index (χ2n) is 14.0. The summed E-state index contributed by atoms with van der Waals surface area (Å²) in [5.41, 5.74) is 11.4. The summed E-state index contributed by atoms with van der Waals surface area (Å²) < 4.78 is 0. The second kappa shape index (κ2) is 19.0. The number of rotatable bonds is 12. The van der Waals surface area contributed by atoms with E-state index in [2.05, 4.69) is 89.6 Å². The summed E-state index contributed by atoms with van der Waals surface area (Å²) in [6.07, 6.45) is 7.24. The quantitative estimate of drug-likeness (QED) is 0.0414. The van der Waals surface area contributed by atoms with Crippen LogP contribution >= 0.6 is 0 Å². The molecule has 0 unspecified atom stereocenters.